The molecule has 0 saturated heterocycles. The van der Waals surface area contributed by atoms with Crippen molar-refractivity contribution in [1.82, 2.24) is 4.57 Å². The van der Waals surface area contributed by atoms with Crippen LogP contribution in [0.3, 0.4) is 0 Å². The van der Waals surface area contributed by atoms with E-state index in [2.05, 4.69) is 16.7 Å². The number of carboxylic acids is 1. The Labute approximate surface area is 117 Å². The number of aliphatic carboxylic acids is 1. The molecule has 3 nitrogen and oxygen atoms in total. The van der Waals surface area contributed by atoms with Crippen LogP contribution in [0.25, 0.3) is 21.8 Å². The van der Waals surface area contributed by atoms with E-state index in [9.17, 15) is 9.90 Å². The number of hydrogen-bond donors (Lipinski definition) is 1. The quantitative estimate of drug-likeness (QED) is 0.782. The lowest BCUT2D eigenvalue weighted by molar-refractivity contribution is -0.147. The summed E-state index contributed by atoms with van der Waals surface area (Å²) in [7, 11) is 0. The second-order valence-electron chi connectivity index (χ2n) is 5.81. The van der Waals surface area contributed by atoms with Crippen molar-refractivity contribution in [1.29, 1.82) is 0 Å². The summed E-state index contributed by atoms with van der Waals surface area (Å²) < 4.78 is 2.11. The monoisotopic (exact) mass is 267 g/mol. The molecule has 3 rings (SSSR count). The Balaban J connectivity index is 2.30. The number of carbonyl (C=O) groups is 1. The maximum absolute atomic E-state index is 11.4. The maximum atomic E-state index is 11.4. The third kappa shape index (κ3) is 1.86. The van der Waals surface area contributed by atoms with Crippen LogP contribution in [0.1, 0.15) is 13.8 Å². The van der Waals surface area contributed by atoms with Gasteiger partial charge in [0.15, 0.2) is 0 Å². The minimum absolute atomic E-state index is 0.455. The van der Waals surface area contributed by atoms with E-state index in [-0.39, 0.29) is 0 Å². The first-order valence-corrected chi connectivity index (χ1v) is 6.70. The molecule has 0 aliphatic carbocycles. The maximum Gasteiger partial charge on any atom is 0.310 e. The van der Waals surface area contributed by atoms with E-state index in [0.29, 0.717) is 6.54 Å². The Kier molecular flexibility index (Phi) is 2.78. The predicted octanol–water partition coefficient (Wildman–Crippen LogP) is 3.91. The number of fused-ring (bicyclic) bond motifs is 3. The molecule has 3 heteroatoms. The summed E-state index contributed by atoms with van der Waals surface area (Å²) in [6, 6.07) is 16.3. The van der Waals surface area contributed by atoms with Gasteiger partial charge in [0, 0.05) is 28.4 Å². The van der Waals surface area contributed by atoms with E-state index < -0.39 is 11.4 Å². The first kappa shape index (κ1) is 12.7. The van der Waals surface area contributed by atoms with Crippen molar-refractivity contribution in [2.45, 2.75) is 20.4 Å². The first-order chi connectivity index (χ1) is 9.50. The molecule has 102 valence electrons. The molecule has 20 heavy (non-hydrogen) atoms. The number of nitrogens with zero attached hydrogens (tertiary/aromatic N) is 1. The van der Waals surface area contributed by atoms with Crippen molar-refractivity contribution in [3.63, 3.8) is 0 Å². The van der Waals surface area contributed by atoms with Crippen LogP contribution in [-0.2, 0) is 11.3 Å². The molecule has 1 N–H and O–H groups in total. The molecule has 0 radical (unpaired) electrons. The molecule has 1 heterocycles. The van der Waals surface area contributed by atoms with E-state index in [4.69, 9.17) is 0 Å². The zero-order valence-electron chi connectivity index (χ0n) is 11.6. The molecule has 0 aliphatic rings. The van der Waals surface area contributed by atoms with Crippen LogP contribution in [0, 0.1) is 5.41 Å². The highest BCUT2D eigenvalue weighted by Gasteiger charge is 2.28. The summed E-state index contributed by atoms with van der Waals surface area (Å²) in [5, 5.41) is 11.7. The molecule has 0 spiro atoms. The Morgan fingerprint density at radius 1 is 1.00 bits per heavy atom. The summed E-state index contributed by atoms with van der Waals surface area (Å²) in [6.07, 6.45) is 0. The fourth-order valence-electron chi connectivity index (χ4n) is 2.64. The minimum Gasteiger partial charge on any atom is -0.481 e. The van der Waals surface area contributed by atoms with Gasteiger partial charge in [0.1, 0.15) is 0 Å². The average molecular weight is 267 g/mol. The van der Waals surface area contributed by atoms with Gasteiger partial charge >= 0.3 is 5.97 Å². The molecular formula is C17H17NO2. The van der Waals surface area contributed by atoms with Gasteiger partial charge in [0.05, 0.1) is 5.41 Å². The fourth-order valence-corrected chi connectivity index (χ4v) is 2.64. The molecule has 0 amide bonds. The van der Waals surface area contributed by atoms with Gasteiger partial charge in [-0.25, -0.2) is 0 Å². The largest absolute Gasteiger partial charge is 0.481 e. The first-order valence-electron chi connectivity index (χ1n) is 6.70. The summed E-state index contributed by atoms with van der Waals surface area (Å²) >= 11 is 0. The molecular weight excluding hydrogens is 250 g/mol. The van der Waals surface area contributed by atoms with Gasteiger partial charge in [0.2, 0.25) is 0 Å². The summed E-state index contributed by atoms with van der Waals surface area (Å²) in [5.74, 6) is -0.778. The van der Waals surface area contributed by atoms with Gasteiger partial charge < -0.3 is 9.67 Å². The zero-order valence-corrected chi connectivity index (χ0v) is 11.6. The van der Waals surface area contributed by atoms with E-state index in [0.717, 1.165) is 11.0 Å². The number of para-hydroxylation sites is 2. The number of aromatic nitrogens is 1. The fraction of sp³-hybridized carbons (Fsp3) is 0.235. The van der Waals surface area contributed by atoms with E-state index in [1.54, 1.807) is 13.8 Å². The Morgan fingerprint density at radius 2 is 1.45 bits per heavy atom. The van der Waals surface area contributed by atoms with Crippen molar-refractivity contribution in [2.75, 3.05) is 0 Å². The lowest BCUT2D eigenvalue weighted by Gasteiger charge is -2.21. The van der Waals surface area contributed by atoms with Crippen LogP contribution >= 0.6 is 0 Å². The van der Waals surface area contributed by atoms with Gasteiger partial charge in [-0.2, -0.15) is 0 Å². The van der Waals surface area contributed by atoms with Crippen molar-refractivity contribution < 1.29 is 9.90 Å². The summed E-state index contributed by atoms with van der Waals surface area (Å²) in [5.41, 5.74) is 1.37. The molecule has 0 bridgehead atoms. The highest BCUT2D eigenvalue weighted by atomic mass is 16.4. The normalized spacial score (nSPS) is 12.1. The lowest BCUT2D eigenvalue weighted by Crippen LogP contribution is -2.29. The molecule has 0 aliphatic heterocycles. The lowest BCUT2D eigenvalue weighted by atomic mass is 9.93. The van der Waals surface area contributed by atoms with Crippen LogP contribution in [0.15, 0.2) is 48.5 Å². The third-order valence-electron chi connectivity index (χ3n) is 3.81. The van der Waals surface area contributed by atoms with Gasteiger partial charge in [-0.15, -0.1) is 0 Å². The van der Waals surface area contributed by atoms with Gasteiger partial charge in [-0.3, -0.25) is 4.79 Å². The second-order valence-corrected chi connectivity index (χ2v) is 5.81. The summed E-state index contributed by atoms with van der Waals surface area (Å²) in [4.78, 5) is 11.4. The molecule has 2 aromatic carbocycles. The standard InChI is InChI=1S/C17H17NO2/c1-17(2,16(19)20)11-18-14-9-5-3-7-12(14)13-8-4-6-10-15(13)18/h3-10H,11H2,1-2H3,(H,19,20). The highest BCUT2D eigenvalue weighted by molar-refractivity contribution is 6.08. The minimum atomic E-state index is -0.801. The van der Waals surface area contributed by atoms with Crippen molar-refractivity contribution in [3.8, 4) is 0 Å². The molecule has 0 saturated carbocycles. The Hall–Kier alpha value is -2.29. The highest BCUT2D eigenvalue weighted by Crippen LogP contribution is 2.31. The van der Waals surface area contributed by atoms with Crippen molar-refractivity contribution in [2.24, 2.45) is 5.41 Å². The average Bonchev–Trinajstić information content (AvgIpc) is 2.74. The van der Waals surface area contributed by atoms with E-state index >= 15 is 0 Å². The smallest absolute Gasteiger partial charge is 0.310 e. The summed E-state index contributed by atoms with van der Waals surface area (Å²) in [6.45, 7) is 3.98. The Bertz CT molecular complexity index is 746. The molecule has 0 unspecified atom stereocenters. The van der Waals surface area contributed by atoms with E-state index in [1.807, 2.05) is 36.4 Å². The Morgan fingerprint density at radius 3 is 1.90 bits per heavy atom. The van der Waals surface area contributed by atoms with Gasteiger partial charge in [-0.1, -0.05) is 36.4 Å². The molecule has 3 aromatic rings. The van der Waals surface area contributed by atoms with Gasteiger partial charge in [0.25, 0.3) is 0 Å². The van der Waals surface area contributed by atoms with Crippen LogP contribution in [0.2, 0.25) is 0 Å². The van der Waals surface area contributed by atoms with Crippen molar-refractivity contribution >= 4 is 27.8 Å². The van der Waals surface area contributed by atoms with Crippen LogP contribution in [0.4, 0.5) is 0 Å². The molecule has 0 fully saturated rings. The number of carboxylic acid groups (broad SMARTS) is 1. The van der Waals surface area contributed by atoms with Crippen LogP contribution < -0.4 is 0 Å². The van der Waals surface area contributed by atoms with E-state index in [1.165, 1.54) is 10.8 Å². The van der Waals surface area contributed by atoms with Gasteiger partial charge in [-0.05, 0) is 26.0 Å². The SMILES string of the molecule is CC(C)(Cn1c2ccccc2c2ccccc21)C(=O)O. The molecule has 0 atom stereocenters. The van der Waals surface area contributed by atoms with Crippen LogP contribution in [-0.4, -0.2) is 15.6 Å². The third-order valence-corrected chi connectivity index (χ3v) is 3.81. The topological polar surface area (TPSA) is 42.2 Å². The van der Waals surface area contributed by atoms with Crippen molar-refractivity contribution in [3.05, 3.63) is 48.5 Å². The number of hydrogen-bond acceptors (Lipinski definition) is 1. The number of rotatable bonds is 3. The number of benzene rings is 2. The second kappa shape index (κ2) is 4.37. The zero-order chi connectivity index (χ0) is 14.3. The molecule has 1 aromatic heterocycles. The van der Waals surface area contributed by atoms with Crippen LogP contribution in [0.5, 0.6) is 0 Å². The predicted molar refractivity (Wildman–Crippen MR) is 80.9 cm³/mol.